The number of aliphatic hydroxyl groups excluding tert-OH is 1. The van der Waals surface area contributed by atoms with Crippen molar-refractivity contribution in [2.75, 3.05) is 6.61 Å². The van der Waals surface area contributed by atoms with Crippen molar-refractivity contribution in [3.63, 3.8) is 0 Å². The molecule has 0 aromatic rings. The van der Waals surface area contributed by atoms with Gasteiger partial charge in [0.05, 0.1) is 6.61 Å². The van der Waals surface area contributed by atoms with Crippen molar-refractivity contribution in [1.29, 1.82) is 0 Å². The average molecular weight is 194 g/mol. The molecule has 1 aliphatic carbocycles. The standard InChI is InChI=1S/C8H12F2O3/c1-6(12)3-2-4-8(9,10)7(6,13)5-11/h2,4,11-13H,3,5H2,1H3/t6-,7-/m0/s1. The van der Waals surface area contributed by atoms with E-state index in [1.165, 1.54) is 0 Å². The van der Waals surface area contributed by atoms with Crippen LogP contribution in [0.15, 0.2) is 12.2 Å². The van der Waals surface area contributed by atoms with Crippen LogP contribution in [0, 0.1) is 0 Å². The van der Waals surface area contributed by atoms with Gasteiger partial charge in [-0.3, -0.25) is 0 Å². The molecule has 0 aromatic carbocycles. The van der Waals surface area contributed by atoms with E-state index in [0.717, 1.165) is 13.0 Å². The van der Waals surface area contributed by atoms with E-state index >= 15 is 0 Å². The van der Waals surface area contributed by atoms with Gasteiger partial charge in [0.1, 0.15) is 5.60 Å². The van der Waals surface area contributed by atoms with E-state index in [1.807, 2.05) is 0 Å². The van der Waals surface area contributed by atoms with Gasteiger partial charge in [0.15, 0.2) is 5.60 Å². The predicted molar refractivity (Wildman–Crippen MR) is 41.4 cm³/mol. The van der Waals surface area contributed by atoms with Crippen LogP contribution in [0.5, 0.6) is 0 Å². The van der Waals surface area contributed by atoms with Crippen molar-refractivity contribution in [2.45, 2.75) is 30.5 Å². The van der Waals surface area contributed by atoms with Gasteiger partial charge in [-0.05, 0) is 19.4 Å². The van der Waals surface area contributed by atoms with Gasteiger partial charge in [-0.2, -0.15) is 8.78 Å². The summed E-state index contributed by atoms with van der Waals surface area (Å²) in [5, 5.41) is 27.6. The van der Waals surface area contributed by atoms with Crippen LogP contribution >= 0.6 is 0 Å². The summed E-state index contributed by atoms with van der Waals surface area (Å²) in [4.78, 5) is 0. The van der Waals surface area contributed by atoms with Crippen molar-refractivity contribution in [1.82, 2.24) is 0 Å². The molecule has 0 bridgehead atoms. The first kappa shape index (κ1) is 10.6. The number of rotatable bonds is 1. The molecule has 3 nitrogen and oxygen atoms in total. The molecule has 76 valence electrons. The van der Waals surface area contributed by atoms with E-state index in [0.29, 0.717) is 6.08 Å². The molecule has 0 amide bonds. The maximum Gasteiger partial charge on any atom is 0.299 e. The normalized spacial score (nSPS) is 43.5. The zero-order valence-electron chi connectivity index (χ0n) is 7.17. The number of halogens is 2. The summed E-state index contributed by atoms with van der Waals surface area (Å²) in [6.07, 6.45) is 1.48. The first-order valence-electron chi connectivity index (χ1n) is 3.88. The van der Waals surface area contributed by atoms with Crippen LogP contribution in [0.1, 0.15) is 13.3 Å². The van der Waals surface area contributed by atoms with Crippen LogP contribution in [-0.2, 0) is 0 Å². The van der Waals surface area contributed by atoms with E-state index in [-0.39, 0.29) is 6.42 Å². The van der Waals surface area contributed by atoms with Gasteiger partial charge in [0.25, 0.3) is 5.92 Å². The Morgan fingerprint density at radius 2 is 1.92 bits per heavy atom. The molecule has 0 aromatic heterocycles. The van der Waals surface area contributed by atoms with Crippen LogP contribution in [0.4, 0.5) is 8.78 Å². The monoisotopic (exact) mass is 194 g/mol. The lowest BCUT2D eigenvalue weighted by atomic mass is 9.74. The molecular formula is C8H12F2O3. The molecule has 1 aliphatic rings. The molecule has 3 N–H and O–H groups in total. The Kier molecular flexibility index (Phi) is 2.22. The Labute approximate surface area is 74.3 Å². The molecule has 0 fully saturated rings. The highest BCUT2D eigenvalue weighted by molar-refractivity contribution is 5.20. The number of hydrogen-bond acceptors (Lipinski definition) is 3. The molecule has 1 rings (SSSR count). The third-order valence-corrected chi connectivity index (χ3v) is 2.51. The summed E-state index contributed by atoms with van der Waals surface area (Å²) in [6, 6.07) is 0. The van der Waals surface area contributed by atoms with Gasteiger partial charge >= 0.3 is 0 Å². The van der Waals surface area contributed by atoms with Gasteiger partial charge in [0, 0.05) is 0 Å². The first-order valence-corrected chi connectivity index (χ1v) is 3.88. The summed E-state index contributed by atoms with van der Waals surface area (Å²) in [6.45, 7) is -0.113. The van der Waals surface area contributed by atoms with E-state index in [4.69, 9.17) is 5.11 Å². The van der Waals surface area contributed by atoms with Gasteiger partial charge in [-0.25, -0.2) is 0 Å². The highest BCUT2D eigenvalue weighted by Crippen LogP contribution is 2.43. The lowest BCUT2D eigenvalue weighted by Crippen LogP contribution is -2.66. The number of alkyl halides is 2. The summed E-state index contributed by atoms with van der Waals surface area (Å²) in [5.41, 5.74) is -4.81. The van der Waals surface area contributed by atoms with E-state index in [1.54, 1.807) is 0 Å². The topological polar surface area (TPSA) is 60.7 Å². The van der Waals surface area contributed by atoms with Crippen LogP contribution in [0.25, 0.3) is 0 Å². The lowest BCUT2D eigenvalue weighted by Gasteiger charge is -2.45. The van der Waals surface area contributed by atoms with Crippen LogP contribution in [-0.4, -0.2) is 39.1 Å². The highest BCUT2D eigenvalue weighted by Gasteiger charge is 2.62. The van der Waals surface area contributed by atoms with Gasteiger partial charge in [-0.1, -0.05) is 6.08 Å². The second-order valence-corrected chi connectivity index (χ2v) is 3.52. The second kappa shape index (κ2) is 2.73. The molecule has 13 heavy (non-hydrogen) atoms. The van der Waals surface area contributed by atoms with Crippen molar-refractivity contribution in [3.8, 4) is 0 Å². The fraction of sp³-hybridized carbons (Fsp3) is 0.750. The number of aliphatic hydroxyl groups is 3. The fourth-order valence-electron chi connectivity index (χ4n) is 1.38. The Bertz CT molecular complexity index is 238. The molecule has 2 atom stereocenters. The Morgan fingerprint density at radius 1 is 1.38 bits per heavy atom. The molecule has 0 spiro atoms. The predicted octanol–water partition coefficient (Wildman–Crippen LogP) is 0.0560. The molecule has 0 unspecified atom stereocenters. The number of hydrogen-bond donors (Lipinski definition) is 3. The summed E-state index contributed by atoms with van der Waals surface area (Å²) in [5.74, 6) is -3.61. The molecule has 5 heteroatoms. The Balaban J connectivity index is 3.17. The zero-order chi connectivity index (χ0) is 10.3. The van der Waals surface area contributed by atoms with Crippen LogP contribution in [0.2, 0.25) is 0 Å². The quantitative estimate of drug-likeness (QED) is 0.517. The van der Waals surface area contributed by atoms with E-state index < -0.39 is 23.7 Å². The van der Waals surface area contributed by atoms with E-state index in [9.17, 15) is 19.0 Å². The Morgan fingerprint density at radius 3 is 2.23 bits per heavy atom. The zero-order valence-corrected chi connectivity index (χ0v) is 7.17. The average Bonchev–Trinajstić information content (AvgIpc) is 1.99. The first-order chi connectivity index (χ1) is 5.77. The molecule has 0 aliphatic heterocycles. The Hall–Kier alpha value is -0.520. The minimum absolute atomic E-state index is 0.111. The third-order valence-electron chi connectivity index (χ3n) is 2.51. The highest BCUT2D eigenvalue weighted by atomic mass is 19.3. The fourth-order valence-corrected chi connectivity index (χ4v) is 1.38. The SMILES string of the molecule is C[C@]1(O)CC=CC(F)(F)[C@]1(O)CO. The van der Waals surface area contributed by atoms with Gasteiger partial charge in [0.2, 0.25) is 0 Å². The minimum atomic E-state index is -3.61. The van der Waals surface area contributed by atoms with Crippen LogP contribution in [0.3, 0.4) is 0 Å². The minimum Gasteiger partial charge on any atom is -0.393 e. The smallest absolute Gasteiger partial charge is 0.299 e. The van der Waals surface area contributed by atoms with Crippen molar-refractivity contribution >= 4 is 0 Å². The second-order valence-electron chi connectivity index (χ2n) is 3.52. The van der Waals surface area contributed by atoms with Gasteiger partial charge in [-0.15, -0.1) is 0 Å². The lowest BCUT2D eigenvalue weighted by molar-refractivity contribution is -0.259. The molecule has 0 radical (unpaired) electrons. The van der Waals surface area contributed by atoms with Crippen molar-refractivity contribution in [2.24, 2.45) is 0 Å². The molecule has 0 heterocycles. The van der Waals surface area contributed by atoms with Gasteiger partial charge < -0.3 is 15.3 Å². The molecular weight excluding hydrogens is 182 g/mol. The van der Waals surface area contributed by atoms with Crippen molar-refractivity contribution < 1.29 is 24.1 Å². The maximum atomic E-state index is 13.1. The third kappa shape index (κ3) is 1.27. The summed E-state index contributed by atoms with van der Waals surface area (Å²) < 4.78 is 26.2. The summed E-state index contributed by atoms with van der Waals surface area (Å²) >= 11 is 0. The summed E-state index contributed by atoms with van der Waals surface area (Å²) in [7, 11) is 0. The van der Waals surface area contributed by atoms with Crippen molar-refractivity contribution in [3.05, 3.63) is 12.2 Å². The van der Waals surface area contributed by atoms with Crippen LogP contribution < -0.4 is 0 Å². The maximum absolute atomic E-state index is 13.1. The molecule has 0 saturated carbocycles. The largest absolute Gasteiger partial charge is 0.393 e. The molecule has 0 saturated heterocycles. The van der Waals surface area contributed by atoms with E-state index in [2.05, 4.69) is 0 Å².